The molecule has 0 N–H and O–H groups in total. The molecule has 0 spiro atoms. The SMILES string of the molecule is O=[N+]([O-])c1cccnc1SSc1ccccn1. The quantitative estimate of drug-likeness (QED) is 0.480. The third-order valence-corrected chi connectivity index (χ3v) is 4.00. The van der Waals surface area contributed by atoms with Crippen LogP contribution < -0.4 is 0 Å². The first-order valence-corrected chi connectivity index (χ1v) is 6.77. The molecule has 0 aliphatic heterocycles. The highest BCUT2D eigenvalue weighted by atomic mass is 33.1. The Balaban J connectivity index is 2.12. The van der Waals surface area contributed by atoms with Crippen LogP contribution in [0.2, 0.25) is 0 Å². The lowest BCUT2D eigenvalue weighted by Crippen LogP contribution is -1.91. The zero-order valence-electron chi connectivity index (χ0n) is 8.52. The Morgan fingerprint density at radius 2 is 1.88 bits per heavy atom. The number of aromatic nitrogens is 2. The van der Waals surface area contributed by atoms with Gasteiger partial charge in [0.2, 0.25) is 0 Å². The summed E-state index contributed by atoms with van der Waals surface area (Å²) in [6, 6.07) is 8.51. The molecule has 2 rings (SSSR count). The van der Waals surface area contributed by atoms with Crippen molar-refractivity contribution in [2.45, 2.75) is 10.1 Å². The summed E-state index contributed by atoms with van der Waals surface area (Å²) in [6.45, 7) is 0. The molecule has 86 valence electrons. The van der Waals surface area contributed by atoms with Gasteiger partial charge in [-0.15, -0.1) is 0 Å². The Morgan fingerprint density at radius 1 is 1.06 bits per heavy atom. The van der Waals surface area contributed by atoms with E-state index in [9.17, 15) is 10.1 Å². The molecule has 0 saturated carbocycles. The first-order chi connectivity index (χ1) is 8.27. The molecule has 2 aromatic heterocycles. The van der Waals surface area contributed by atoms with Crippen molar-refractivity contribution in [3.63, 3.8) is 0 Å². The maximum absolute atomic E-state index is 10.8. The minimum absolute atomic E-state index is 0.0148. The fourth-order valence-electron chi connectivity index (χ4n) is 1.06. The van der Waals surface area contributed by atoms with E-state index in [1.807, 2.05) is 18.2 Å². The van der Waals surface area contributed by atoms with E-state index in [0.29, 0.717) is 5.03 Å². The van der Waals surface area contributed by atoms with Crippen molar-refractivity contribution in [1.82, 2.24) is 9.97 Å². The molecular formula is C10H7N3O2S2. The van der Waals surface area contributed by atoms with Crippen LogP contribution in [0.25, 0.3) is 0 Å². The summed E-state index contributed by atoms with van der Waals surface area (Å²) in [5.74, 6) is 0. The van der Waals surface area contributed by atoms with Gasteiger partial charge in [0, 0.05) is 18.5 Å². The molecule has 0 aromatic carbocycles. The molecule has 0 bridgehead atoms. The molecule has 0 saturated heterocycles. The highest BCUT2D eigenvalue weighted by molar-refractivity contribution is 8.76. The van der Waals surface area contributed by atoms with E-state index in [4.69, 9.17) is 0 Å². The number of nitrogens with zero attached hydrogens (tertiary/aromatic N) is 3. The molecule has 0 fully saturated rings. The van der Waals surface area contributed by atoms with Crippen molar-refractivity contribution < 1.29 is 4.92 Å². The summed E-state index contributed by atoms with van der Waals surface area (Å²) in [5.41, 5.74) is 0.0148. The van der Waals surface area contributed by atoms with Crippen LogP contribution in [0.1, 0.15) is 0 Å². The molecule has 2 heterocycles. The van der Waals surface area contributed by atoms with E-state index in [0.717, 1.165) is 5.03 Å². The summed E-state index contributed by atoms with van der Waals surface area (Å²) in [6.07, 6.45) is 3.21. The third kappa shape index (κ3) is 3.18. The number of pyridine rings is 2. The maximum atomic E-state index is 10.8. The Bertz CT molecular complexity index is 522. The van der Waals surface area contributed by atoms with E-state index in [1.54, 1.807) is 12.3 Å². The highest BCUT2D eigenvalue weighted by Crippen LogP contribution is 2.38. The zero-order valence-corrected chi connectivity index (χ0v) is 10.1. The minimum atomic E-state index is -0.436. The van der Waals surface area contributed by atoms with Crippen LogP contribution in [0, 0.1) is 10.1 Å². The second kappa shape index (κ2) is 5.65. The molecule has 2 aromatic rings. The van der Waals surface area contributed by atoms with Gasteiger partial charge in [-0.3, -0.25) is 10.1 Å². The lowest BCUT2D eigenvalue weighted by molar-refractivity contribution is -0.388. The summed E-state index contributed by atoms with van der Waals surface area (Å²) < 4.78 is 0. The molecule has 17 heavy (non-hydrogen) atoms. The molecule has 0 amide bonds. The van der Waals surface area contributed by atoms with Gasteiger partial charge in [-0.1, -0.05) is 6.07 Å². The van der Waals surface area contributed by atoms with Crippen LogP contribution >= 0.6 is 21.6 Å². The Morgan fingerprint density at radius 3 is 2.59 bits per heavy atom. The number of hydrogen-bond acceptors (Lipinski definition) is 6. The number of rotatable bonds is 4. The van der Waals surface area contributed by atoms with Crippen LogP contribution in [-0.2, 0) is 0 Å². The first-order valence-electron chi connectivity index (χ1n) is 4.62. The first kappa shape index (κ1) is 11.9. The Hall–Kier alpha value is -1.60. The number of hydrogen-bond donors (Lipinski definition) is 0. The lowest BCUT2D eigenvalue weighted by atomic mass is 10.4. The van der Waals surface area contributed by atoms with Gasteiger partial charge in [0.15, 0.2) is 5.03 Å². The van der Waals surface area contributed by atoms with Crippen LogP contribution in [0.15, 0.2) is 52.8 Å². The average Bonchev–Trinajstić information content (AvgIpc) is 2.38. The van der Waals surface area contributed by atoms with E-state index in [-0.39, 0.29) is 5.69 Å². The lowest BCUT2D eigenvalue weighted by Gasteiger charge is -2.00. The van der Waals surface area contributed by atoms with Gasteiger partial charge in [-0.2, -0.15) is 0 Å². The van der Waals surface area contributed by atoms with Gasteiger partial charge in [-0.25, -0.2) is 9.97 Å². The maximum Gasteiger partial charge on any atom is 0.302 e. The standard InChI is InChI=1S/C10H7N3O2S2/c14-13(15)8-4-3-7-12-10(8)17-16-9-5-1-2-6-11-9/h1-7H. The second-order valence-corrected chi connectivity index (χ2v) is 5.06. The summed E-state index contributed by atoms with van der Waals surface area (Å²) in [7, 11) is 2.57. The molecule has 0 radical (unpaired) electrons. The van der Waals surface area contributed by atoms with E-state index in [1.165, 1.54) is 33.9 Å². The average molecular weight is 265 g/mol. The van der Waals surface area contributed by atoms with Gasteiger partial charge in [0.25, 0.3) is 0 Å². The van der Waals surface area contributed by atoms with Crippen LogP contribution in [0.5, 0.6) is 0 Å². The molecule has 7 heteroatoms. The monoisotopic (exact) mass is 265 g/mol. The summed E-state index contributed by atoms with van der Waals surface area (Å²) in [5, 5.41) is 11.9. The fraction of sp³-hybridized carbons (Fsp3) is 0. The van der Waals surface area contributed by atoms with Crippen molar-refractivity contribution in [1.29, 1.82) is 0 Å². The smallest absolute Gasteiger partial charge is 0.258 e. The van der Waals surface area contributed by atoms with Crippen LogP contribution in [-0.4, -0.2) is 14.9 Å². The number of nitro groups is 1. The highest BCUT2D eigenvalue weighted by Gasteiger charge is 2.15. The van der Waals surface area contributed by atoms with Crippen LogP contribution in [0.3, 0.4) is 0 Å². The van der Waals surface area contributed by atoms with Gasteiger partial charge in [0.05, 0.1) is 4.92 Å². The van der Waals surface area contributed by atoms with Crippen molar-refractivity contribution in [2.75, 3.05) is 0 Å². The Kier molecular flexibility index (Phi) is 3.94. The summed E-state index contributed by atoms with van der Waals surface area (Å²) >= 11 is 0. The molecule has 0 aliphatic carbocycles. The second-order valence-electron chi connectivity index (χ2n) is 2.92. The molecule has 0 atom stereocenters. The normalized spacial score (nSPS) is 10.1. The van der Waals surface area contributed by atoms with Crippen molar-refractivity contribution in [2.24, 2.45) is 0 Å². The van der Waals surface area contributed by atoms with Gasteiger partial charge in [0.1, 0.15) is 5.03 Å². The zero-order chi connectivity index (χ0) is 12.1. The Labute approximate surface area is 105 Å². The van der Waals surface area contributed by atoms with Crippen molar-refractivity contribution >= 4 is 27.3 Å². The molecule has 5 nitrogen and oxygen atoms in total. The van der Waals surface area contributed by atoms with Crippen molar-refractivity contribution in [3.8, 4) is 0 Å². The predicted octanol–water partition coefficient (Wildman–Crippen LogP) is 3.18. The minimum Gasteiger partial charge on any atom is -0.258 e. The fourth-order valence-corrected chi connectivity index (χ4v) is 2.97. The molecular weight excluding hydrogens is 258 g/mol. The molecule has 0 aliphatic rings. The van der Waals surface area contributed by atoms with Gasteiger partial charge < -0.3 is 0 Å². The summed E-state index contributed by atoms with van der Waals surface area (Å²) in [4.78, 5) is 18.4. The third-order valence-electron chi connectivity index (χ3n) is 1.79. The molecule has 0 unspecified atom stereocenters. The van der Waals surface area contributed by atoms with E-state index in [2.05, 4.69) is 9.97 Å². The predicted molar refractivity (Wildman–Crippen MR) is 66.8 cm³/mol. The van der Waals surface area contributed by atoms with E-state index >= 15 is 0 Å². The largest absolute Gasteiger partial charge is 0.302 e. The van der Waals surface area contributed by atoms with Gasteiger partial charge in [-0.05, 0) is 39.8 Å². The van der Waals surface area contributed by atoms with Gasteiger partial charge >= 0.3 is 5.69 Å². The van der Waals surface area contributed by atoms with E-state index < -0.39 is 4.92 Å². The topological polar surface area (TPSA) is 68.9 Å². The van der Waals surface area contributed by atoms with Crippen LogP contribution in [0.4, 0.5) is 5.69 Å². The van der Waals surface area contributed by atoms with Crippen molar-refractivity contribution in [3.05, 3.63) is 52.8 Å².